The summed E-state index contributed by atoms with van der Waals surface area (Å²) in [6.45, 7) is 5.14. The van der Waals surface area contributed by atoms with Gasteiger partial charge in [0.05, 0.1) is 0 Å². The molecule has 0 fully saturated rings. The van der Waals surface area contributed by atoms with Crippen LogP contribution in [0, 0.1) is 0 Å². The van der Waals surface area contributed by atoms with E-state index in [1.807, 2.05) is 12.1 Å². The summed E-state index contributed by atoms with van der Waals surface area (Å²) >= 11 is 0. The fraction of sp³-hybridized carbons (Fsp3) is 0.250. The molecule has 0 saturated carbocycles. The van der Waals surface area contributed by atoms with Crippen LogP contribution in [0.5, 0.6) is 0 Å². The molecule has 0 aliphatic heterocycles. The second-order valence-electron chi connectivity index (χ2n) is 3.64. The molecule has 1 rings (SSSR count). The summed E-state index contributed by atoms with van der Waals surface area (Å²) in [7, 11) is 0. The number of Topliss-reactive ketones (excluding diaryl/α,β-unsaturated/α-hetero) is 1. The van der Waals surface area contributed by atoms with Crippen molar-refractivity contribution in [2.24, 2.45) is 5.73 Å². The lowest BCUT2D eigenvalue weighted by Gasteiger charge is -2.05. The van der Waals surface area contributed by atoms with E-state index in [1.165, 1.54) is 6.92 Å². The number of hydrogen-bond acceptors (Lipinski definition) is 3. The lowest BCUT2D eigenvalue weighted by Crippen LogP contribution is -2.02. The van der Waals surface area contributed by atoms with Gasteiger partial charge in [-0.1, -0.05) is 12.6 Å². The molecule has 3 heteroatoms. The Balaban J connectivity index is 2.82. The van der Waals surface area contributed by atoms with Gasteiger partial charge in [-0.2, -0.15) is 0 Å². The minimum atomic E-state index is -0.0118. The smallest absolute Gasteiger partial charge is 0.161 e. The summed E-state index contributed by atoms with van der Waals surface area (Å²) in [5.41, 5.74) is 14.1. The summed E-state index contributed by atoms with van der Waals surface area (Å²) in [6.07, 6.45) is 1.54. The number of ketones is 1. The Kier molecular flexibility index (Phi) is 3.50. The van der Waals surface area contributed by atoms with Crippen LogP contribution in [0.2, 0.25) is 0 Å². The molecule has 1 aromatic rings. The van der Waals surface area contributed by atoms with Crippen LogP contribution in [0.4, 0.5) is 5.69 Å². The maximum atomic E-state index is 11.1. The molecule has 0 aromatic heterocycles. The summed E-state index contributed by atoms with van der Waals surface area (Å²) < 4.78 is 0. The van der Waals surface area contributed by atoms with Gasteiger partial charge in [-0.05, 0) is 37.5 Å². The average Bonchev–Trinajstić information content (AvgIpc) is 2.14. The van der Waals surface area contributed by atoms with Crippen molar-refractivity contribution in [2.75, 3.05) is 5.73 Å². The minimum absolute atomic E-state index is 0.0118. The maximum absolute atomic E-state index is 11.1. The summed E-state index contributed by atoms with van der Waals surface area (Å²) in [5.74, 6) is -0.0118. The third-order valence-corrected chi connectivity index (χ3v) is 2.23. The number of nitrogen functional groups attached to an aromatic ring is 1. The number of carbonyl (C=O) groups excluding carboxylic acids is 1. The van der Waals surface area contributed by atoms with Gasteiger partial charge in [0, 0.05) is 16.9 Å². The van der Waals surface area contributed by atoms with Gasteiger partial charge in [0.15, 0.2) is 5.78 Å². The Labute approximate surface area is 89.8 Å². The molecule has 1 aromatic carbocycles. The van der Waals surface area contributed by atoms with Crippen molar-refractivity contribution in [1.29, 1.82) is 0 Å². The number of carbonyl (C=O) groups is 1. The van der Waals surface area contributed by atoms with E-state index in [1.54, 1.807) is 6.07 Å². The molecule has 0 spiro atoms. The zero-order valence-corrected chi connectivity index (χ0v) is 8.92. The zero-order chi connectivity index (χ0) is 11.4. The lowest BCUT2D eigenvalue weighted by atomic mass is 10.0. The lowest BCUT2D eigenvalue weighted by molar-refractivity contribution is 0.101. The van der Waals surface area contributed by atoms with Crippen LogP contribution in [-0.2, 0) is 6.42 Å². The van der Waals surface area contributed by atoms with Crippen LogP contribution < -0.4 is 11.5 Å². The first-order valence-corrected chi connectivity index (χ1v) is 4.83. The first kappa shape index (κ1) is 11.3. The number of anilines is 1. The third kappa shape index (κ3) is 3.13. The second kappa shape index (κ2) is 4.64. The molecular weight excluding hydrogens is 188 g/mol. The fourth-order valence-electron chi connectivity index (χ4n) is 1.39. The Hall–Kier alpha value is -1.77. The molecule has 0 atom stereocenters. The summed E-state index contributed by atoms with van der Waals surface area (Å²) in [6, 6.07) is 5.47. The number of hydrogen-bond donors (Lipinski definition) is 2. The van der Waals surface area contributed by atoms with Gasteiger partial charge in [-0.25, -0.2) is 0 Å². The van der Waals surface area contributed by atoms with Crippen LogP contribution in [0.15, 0.2) is 30.5 Å². The van der Waals surface area contributed by atoms with Crippen molar-refractivity contribution >= 4 is 11.5 Å². The Morgan fingerprint density at radius 1 is 1.47 bits per heavy atom. The number of rotatable bonds is 4. The van der Waals surface area contributed by atoms with E-state index in [2.05, 4.69) is 6.58 Å². The van der Waals surface area contributed by atoms with Gasteiger partial charge in [0.2, 0.25) is 0 Å². The summed E-state index contributed by atoms with van der Waals surface area (Å²) in [5, 5.41) is 0. The fourth-order valence-corrected chi connectivity index (χ4v) is 1.39. The van der Waals surface area contributed by atoms with E-state index in [0.717, 1.165) is 18.4 Å². The van der Waals surface area contributed by atoms with Crippen LogP contribution in [0.3, 0.4) is 0 Å². The molecule has 0 bridgehead atoms. The van der Waals surface area contributed by atoms with Crippen LogP contribution in [-0.4, -0.2) is 5.78 Å². The van der Waals surface area contributed by atoms with Gasteiger partial charge < -0.3 is 11.5 Å². The number of benzene rings is 1. The largest absolute Gasteiger partial charge is 0.403 e. The molecule has 3 nitrogen and oxygen atoms in total. The molecule has 15 heavy (non-hydrogen) atoms. The molecule has 80 valence electrons. The molecule has 0 radical (unpaired) electrons. The van der Waals surface area contributed by atoms with E-state index in [9.17, 15) is 4.79 Å². The zero-order valence-electron chi connectivity index (χ0n) is 8.92. The third-order valence-electron chi connectivity index (χ3n) is 2.23. The molecule has 0 saturated heterocycles. The van der Waals surface area contributed by atoms with E-state index >= 15 is 0 Å². The predicted octanol–water partition coefficient (Wildman–Crippen LogP) is 1.88. The highest BCUT2D eigenvalue weighted by Gasteiger charge is 2.05. The number of aryl methyl sites for hydroxylation is 1. The van der Waals surface area contributed by atoms with E-state index in [4.69, 9.17) is 11.5 Å². The minimum Gasteiger partial charge on any atom is -0.403 e. The highest BCUT2D eigenvalue weighted by atomic mass is 16.1. The number of allylic oxidation sites excluding steroid dienone is 1. The summed E-state index contributed by atoms with van der Waals surface area (Å²) in [4.78, 5) is 11.1. The monoisotopic (exact) mass is 204 g/mol. The molecule has 0 aliphatic rings. The van der Waals surface area contributed by atoms with Gasteiger partial charge in [0.1, 0.15) is 0 Å². The quantitative estimate of drug-likeness (QED) is 0.581. The van der Waals surface area contributed by atoms with E-state index in [0.29, 0.717) is 16.9 Å². The van der Waals surface area contributed by atoms with Crippen molar-refractivity contribution in [3.63, 3.8) is 0 Å². The van der Waals surface area contributed by atoms with Gasteiger partial charge >= 0.3 is 0 Å². The van der Waals surface area contributed by atoms with Crippen molar-refractivity contribution in [2.45, 2.75) is 19.8 Å². The van der Waals surface area contributed by atoms with Gasteiger partial charge in [0.25, 0.3) is 0 Å². The maximum Gasteiger partial charge on any atom is 0.161 e. The molecule has 4 N–H and O–H groups in total. The average molecular weight is 204 g/mol. The first-order chi connectivity index (χ1) is 7.00. The van der Waals surface area contributed by atoms with Crippen molar-refractivity contribution in [3.05, 3.63) is 41.6 Å². The first-order valence-electron chi connectivity index (χ1n) is 4.83. The van der Waals surface area contributed by atoms with Gasteiger partial charge in [-0.3, -0.25) is 4.79 Å². The molecule has 0 unspecified atom stereocenters. The molecule has 0 aliphatic carbocycles. The molecule has 0 heterocycles. The normalized spacial score (nSPS) is 9.93. The highest BCUT2D eigenvalue weighted by Crippen LogP contribution is 2.16. The molecular formula is C12H16N2O. The van der Waals surface area contributed by atoms with Crippen molar-refractivity contribution in [1.82, 2.24) is 0 Å². The van der Waals surface area contributed by atoms with Crippen molar-refractivity contribution in [3.8, 4) is 0 Å². The number of nitrogens with two attached hydrogens (primary N) is 2. The van der Waals surface area contributed by atoms with Crippen LogP contribution in [0.25, 0.3) is 0 Å². The van der Waals surface area contributed by atoms with Gasteiger partial charge in [-0.15, -0.1) is 0 Å². The SMILES string of the molecule is C=C(N)CCc1ccc(C(C)=O)c(N)c1. The van der Waals surface area contributed by atoms with E-state index < -0.39 is 0 Å². The van der Waals surface area contributed by atoms with Crippen molar-refractivity contribution < 1.29 is 4.79 Å². The Bertz CT molecular complexity index is 397. The Morgan fingerprint density at radius 3 is 2.60 bits per heavy atom. The topological polar surface area (TPSA) is 69.1 Å². The van der Waals surface area contributed by atoms with E-state index in [-0.39, 0.29) is 5.78 Å². The molecule has 0 amide bonds. The van der Waals surface area contributed by atoms with Crippen LogP contribution >= 0.6 is 0 Å². The standard InChI is InChI=1S/C12H16N2O/c1-8(13)3-4-10-5-6-11(9(2)15)12(14)7-10/h5-7H,1,3-4,13-14H2,2H3. The van der Waals surface area contributed by atoms with Crippen LogP contribution in [0.1, 0.15) is 29.3 Å². The highest BCUT2D eigenvalue weighted by molar-refractivity contribution is 5.99. The Morgan fingerprint density at radius 2 is 2.13 bits per heavy atom. The predicted molar refractivity (Wildman–Crippen MR) is 62.5 cm³/mol. The second-order valence-corrected chi connectivity index (χ2v) is 3.64.